The number of ether oxygens (including phenoxy) is 1. The number of amides is 1. The zero-order valence-electron chi connectivity index (χ0n) is 16.7. The molecular formula is C21H17Cl2F6NO3. The maximum atomic E-state index is 13.3. The summed E-state index contributed by atoms with van der Waals surface area (Å²) < 4.78 is 85.2. The van der Waals surface area contributed by atoms with Crippen LogP contribution in [0.4, 0.5) is 26.3 Å². The topological polar surface area (TPSA) is 49.8 Å². The molecule has 180 valence electrons. The van der Waals surface area contributed by atoms with Crippen molar-refractivity contribution in [3.8, 4) is 0 Å². The quantitative estimate of drug-likeness (QED) is 0.508. The Morgan fingerprint density at radius 2 is 1.61 bits per heavy atom. The van der Waals surface area contributed by atoms with E-state index in [-0.39, 0.29) is 42.3 Å². The van der Waals surface area contributed by atoms with Gasteiger partial charge in [-0.1, -0.05) is 29.3 Å². The van der Waals surface area contributed by atoms with Gasteiger partial charge in [0.05, 0.1) is 39.9 Å². The third-order valence-electron chi connectivity index (χ3n) is 5.15. The predicted octanol–water partition coefficient (Wildman–Crippen LogP) is 6.00. The summed E-state index contributed by atoms with van der Waals surface area (Å²) in [5.41, 5.74) is -3.55. The number of morpholine rings is 1. The van der Waals surface area contributed by atoms with Crippen molar-refractivity contribution in [3.63, 3.8) is 0 Å². The molecule has 1 heterocycles. The van der Waals surface area contributed by atoms with Crippen LogP contribution in [0.15, 0.2) is 36.4 Å². The van der Waals surface area contributed by atoms with Gasteiger partial charge in [0.2, 0.25) is 0 Å². The van der Waals surface area contributed by atoms with E-state index in [4.69, 9.17) is 27.9 Å². The van der Waals surface area contributed by atoms with Crippen molar-refractivity contribution < 1.29 is 41.0 Å². The van der Waals surface area contributed by atoms with Crippen LogP contribution in [0.2, 0.25) is 10.0 Å². The smallest absolute Gasteiger partial charge is 0.396 e. The largest absolute Gasteiger partial charge is 0.416 e. The van der Waals surface area contributed by atoms with Gasteiger partial charge in [0.25, 0.3) is 5.91 Å². The number of benzene rings is 2. The van der Waals surface area contributed by atoms with Crippen LogP contribution in [0.3, 0.4) is 0 Å². The van der Waals surface area contributed by atoms with Gasteiger partial charge in [-0.3, -0.25) is 4.79 Å². The first-order valence-electron chi connectivity index (χ1n) is 9.60. The lowest BCUT2D eigenvalue weighted by Crippen LogP contribution is -2.48. The van der Waals surface area contributed by atoms with Crippen molar-refractivity contribution >= 4 is 29.1 Å². The Kier molecular flexibility index (Phi) is 7.52. The van der Waals surface area contributed by atoms with E-state index in [1.54, 1.807) is 0 Å². The van der Waals surface area contributed by atoms with E-state index < -0.39 is 47.1 Å². The summed E-state index contributed by atoms with van der Waals surface area (Å²) in [6.07, 6.45) is -10.9. The first-order valence-corrected chi connectivity index (χ1v) is 10.4. The van der Waals surface area contributed by atoms with Crippen LogP contribution < -0.4 is 0 Å². The number of aliphatic hydroxyl groups is 1. The molecule has 33 heavy (non-hydrogen) atoms. The molecule has 12 heteroatoms. The van der Waals surface area contributed by atoms with Gasteiger partial charge >= 0.3 is 12.4 Å². The standard InChI is InChI=1S/C21H17Cl2F6NO3/c22-15-2-1-11(9-16(15)23)18-17(3-5-31)33-6-4-30(18)19(32)12-7-13(20(24,25)26)10-14(8-12)21(27,28)29/h1-2,7-10,17-18,31H,3-6H2/t17-,18?/m1/s1. The Bertz CT molecular complexity index is 994. The van der Waals surface area contributed by atoms with Gasteiger partial charge in [0.15, 0.2) is 0 Å². The van der Waals surface area contributed by atoms with Gasteiger partial charge in [0, 0.05) is 18.7 Å². The van der Waals surface area contributed by atoms with Gasteiger partial charge in [-0.25, -0.2) is 0 Å². The maximum Gasteiger partial charge on any atom is 0.416 e. The number of hydrogen-bond acceptors (Lipinski definition) is 3. The predicted molar refractivity (Wildman–Crippen MR) is 108 cm³/mol. The second kappa shape index (κ2) is 9.69. The molecule has 1 aliphatic heterocycles. The summed E-state index contributed by atoms with van der Waals surface area (Å²) in [7, 11) is 0. The summed E-state index contributed by atoms with van der Waals surface area (Å²) in [6.45, 7) is -0.463. The van der Waals surface area contributed by atoms with Gasteiger partial charge in [-0.2, -0.15) is 26.3 Å². The molecule has 3 rings (SSSR count). The molecule has 4 nitrogen and oxygen atoms in total. The minimum atomic E-state index is -5.09. The van der Waals surface area contributed by atoms with Crippen LogP contribution in [0.1, 0.15) is 39.5 Å². The number of alkyl halides is 6. The molecule has 0 bridgehead atoms. The fourth-order valence-electron chi connectivity index (χ4n) is 3.66. The number of aliphatic hydroxyl groups excluding tert-OH is 1. The van der Waals surface area contributed by atoms with E-state index >= 15 is 0 Å². The first-order chi connectivity index (χ1) is 15.3. The SMILES string of the molecule is O=C(c1cc(C(F)(F)F)cc(C(F)(F)F)c1)N1CCO[C@H](CCO)C1c1ccc(Cl)c(Cl)c1. The summed E-state index contributed by atoms with van der Waals surface area (Å²) in [6, 6.07) is 4.20. The minimum absolute atomic E-state index is 0.0285. The molecule has 1 N–H and O–H groups in total. The number of hydrogen-bond donors (Lipinski definition) is 1. The summed E-state index contributed by atoms with van der Waals surface area (Å²) >= 11 is 12.0. The molecule has 1 fully saturated rings. The monoisotopic (exact) mass is 515 g/mol. The molecule has 0 radical (unpaired) electrons. The maximum absolute atomic E-state index is 13.3. The molecule has 1 aliphatic rings. The van der Waals surface area contributed by atoms with Crippen LogP contribution in [0.5, 0.6) is 0 Å². The van der Waals surface area contributed by atoms with Crippen LogP contribution >= 0.6 is 23.2 Å². The highest BCUT2D eigenvalue weighted by Gasteiger charge is 2.40. The Balaban J connectivity index is 2.10. The van der Waals surface area contributed by atoms with E-state index in [1.165, 1.54) is 18.2 Å². The number of carbonyl (C=O) groups excluding carboxylic acids is 1. The fourth-order valence-corrected chi connectivity index (χ4v) is 3.97. The molecule has 1 saturated heterocycles. The normalized spacial score (nSPS) is 19.6. The molecule has 0 aromatic heterocycles. The van der Waals surface area contributed by atoms with E-state index in [2.05, 4.69) is 0 Å². The number of nitrogens with zero attached hydrogens (tertiary/aromatic N) is 1. The third-order valence-corrected chi connectivity index (χ3v) is 5.89. The highest BCUT2D eigenvalue weighted by molar-refractivity contribution is 6.42. The minimum Gasteiger partial charge on any atom is -0.396 e. The third kappa shape index (κ3) is 5.74. The Hall–Kier alpha value is -2.01. The van der Waals surface area contributed by atoms with Crippen molar-refractivity contribution in [2.75, 3.05) is 19.8 Å². The molecule has 2 aromatic carbocycles. The lowest BCUT2D eigenvalue weighted by molar-refractivity contribution is -0.143. The van der Waals surface area contributed by atoms with Crippen molar-refractivity contribution in [3.05, 3.63) is 68.7 Å². The Labute approximate surface area is 194 Å². The van der Waals surface area contributed by atoms with Gasteiger partial charge in [-0.05, 0) is 42.3 Å². The number of carbonyl (C=O) groups is 1. The van der Waals surface area contributed by atoms with E-state index in [0.717, 1.165) is 4.90 Å². The van der Waals surface area contributed by atoms with Crippen LogP contribution in [0, 0.1) is 0 Å². The van der Waals surface area contributed by atoms with Crippen LogP contribution in [0.25, 0.3) is 0 Å². The Morgan fingerprint density at radius 1 is 1.00 bits per heavy atom. The number of rotatable bonds is 4. The van der Waals surface area contributed by atoms with Gasteiger partial charge in [0.1, 0.15) is 0 Å². The van der Waals surface area contributed by atoms with Crippen LogP contribution in [-0.2, 0) is 17.1 Å². The van der Waals surface area contributed by atoms with Crippen molar-refractivity contribution in [1.29, 1.82) is 0 Å². The van der Waals surface area contributed by atoms with Crippen molar-refractivity contribution in [2.24, 2.45) is 0 Å². The zero-order chi connectivity index (χ0) is 24.6. The average Bonchev–Trinajstić information content (AvgIpc) is 2.74. The van der Waals surface area contributed by atoms with Gasteiger partial charge in [-0.15, -0.1) is 0 Å². The molecule has 2 aromatic rings. The fraction of sp³-hybridized carbons (Fsp3) is 0.381. The van der Waals surface area contributed by atoms with E-state index in [1.807, 2.05) is 0 Å². The van der Waals surface area contributed by atoms with Crippen molar-refractivity contribution in [2.45, 2.75) is 30.9 Å². The highest BCUT2D eigenvalue weighted by atomic mass is 35.5. The summed E-state index contributed by atoms with van der Waals surface area (Å²) in [4.78, 5) is 14.4. The molecule has 1 unspecified atom stereocenters. The van der Waals surface area contributed by atoms with E-state index in [9.17, 15) is 36.2 Å². The second-order valence-corrected chi connectivity index (χ2v) is 8.15. The lowest BCUT2D eigenvalue weighted by atomic mass is 9.94. The van der Waals surface area contributed by atoms with Crippen molar-refractivity contribution in [1.82, 2.24) is 4.90 Å². The molecular weight excluding hydrogens is 499 g/mol. The number of halogens is 8. The summed E-state index contributed by atoms with van der Waals surface area (Å²) in [5, 5.41) is 9.74. The molecule has 1 amide bonds. The molecule has 0 saturated carbocycles. The Morgan fingerprint density at radius 3 is 2.12 bits per heavy atom. The van der Waals surface area contributed by atoms with E-state index in [0.29, 0.717) is 17.7 Å². The highest BCUT2D eigenvalue weighted by Crippen LogP contribution is 2.39. The molecule has 0 aliphatic carbocycles. The molecule has 2 atom stereocenters. The van der Waals surface area contributed by atoms with Gasteiger partial charge < -0.3 is 14.7 Å². The lowest BCUT2D eigenvalue weighted by Gasteiger charge is -2.41. The molecule has 0 spiro atoms. The zero-order valence-corrected chi connectivity index (χ0v) is 18.2. The first kappa shape index (κ1) is 25.6. The summed E-state index contributed by atoms with van der Waals surface area (Å²) in [5.74, 6) is -1.05. The second-order valence-electron chi connectivity index (χ2n) is 7.33. The van der Waals surface area contributed by atoms with Crippen LogP contribution in [-0.4, -0.2) is 41.8 Å². The average molecular weight is 516 g/mol.